The third kappa shape index (κ3) is 8.16. The minimum absolute atomic E-state index is 0.0237. The summed E-state index contributed by atoms with van der Waals surface area (Å²) in [5.41, 5.74) is 6.57. The summed E-state index contributed by atoms with van der Waals surface area (Å²) >= 11 is 0. The van der Waals surface area contributed by atoms with E-state index in [9.17, 15) is 22.8 Å². The molecule has 0 fully saturated rings. The number of nitrogens with two attached hydrogens (primary N) is 2. The van der Waals surface area contributed by atoms with Crippen molar-refractivity contribution in [3.8, 4) is 11.5 Å². The molecule has 2 amide bonds. The summed E-state index contributed by atoms with van der Waals surface area (Å²) in [6, 6.07) is 15.3. The maximum absolute atomic E-state index is 13.1. The van der Waals surface area contributed by atoms with Crippen LogP contribution < -0.4 is 36.7 Å². The Morgan fingerprint density at radius 2 is 1.73 bits per heavy atom. The Morgan fingerprint density at radius 1 is 1.00 bits per heavy atom. The molecule has 4 rings (SSSR count). The van der Waals surface area contributed by atoms with Crippen molar-refractivity contribution in [2.75, 3.05) is 29.0 Å². The van der Waals surface area contributed by atoms with Gasteiger partial charge in [0.15, 0.2) is 11.5 Å². The number of rotatable bonds is 9. The summed E-state index contributed by atoms with van der Waals surface area (Å²) in [6.07, 6.45) is -0.0679. The number of benzene rings is 3. The van der Waals surface area contributed by atoms with Gasteiger partial charge in [0.05, 0.1) is 23.5 Å². The molecule has 214 valence electrons. The molecule has 0 spiro atoms. The summed E-state index contributed by atoms with van der Waals surface area (Å²) in [7, 11) is 0. The molecular weight excluding hydrogens is 543 g/mol. The number of ether oxygens (including phenoxy) is 3. The summed E-state index contributed by atoms with van der Waals surface area (Å²) in [5, 5.41) is 5.90. The fraction of sp³-hybridized carbons (Fsp3) is 0.143. The van der Waals surface area contributed by atoms with Gasteiger partial charge in [0.25, 0.3) is 0 Å². The number of urea groups is 1. The van der Waals surface area contributed by atoms with Crippen molar-refractivity contribution in [2.24, 2.45) is 11.6 Å². The number of hydrogen-bond acceptors (Lipinski definition) is 8. The monoisotopic (exact) mass is 569 g/mol. The van der Waals surface area contributed by atoms with Crippen LogP contribution in [0.25, 0.3) is 6.08 Å². The molecule has 0 unspecified atom stereocenters. The van der Waals surface area contributed by atoms with E-state index in [2.05, 4.69) is 10.6 Å². The van der Waals surface area contributed by atoms with Crippen LogP contribution in [0.1, 0.15) is 17.5 Å². The zero-order chi connectivity index (χ0) is 29.4. The molecule has 6 N–H and O–H groups in total. The number of para-hydroxylation sites is 1. The molecule has 3 aromatic carbocycles. The average molecular weight is 570 g/mol. The number of hydrazine groups is 1. The van der Waals surface area contributed by atoms with E-state index in [1.807, 2.05) is 0 Å². The predicted octanol–water partition coefficient (Wildman–Crippen LogP) is 5.21. The highest BCUT2D eigenvalue weighted by molar-refractivity contribution is 6.00. The number of nitrogens with zero attached hydrogens (tertiary/aromatic N) is 1. The molecule has 10 nitrogen and oxygen atoms in total. The van der Waals surface area contributed by atoms with Gasteiger partial charge in [-0.1, -0.05) is 18.2 Å². The van der Waals surface area contributed by atoms with E-state index in [4.69, 9.17) is 25.8 Å². The van der Waals surface area contributed by atoms with Crippen LogP contribution in [-0.2, 0) is 15.7 Å². The molecule has 0 atom stereocenters. The Kier molecular flexibility index (Phi) is 8.99. The van der Waals surface area contributed by atoms with Gasteiger partial charge in [0.1, 0.15) is 0 Å². The summed E-state index contributed by atoms with van der Waals surface area (Å²) < 4.78 is 55.1. The van der Waals surface area contributed by atoms with Crippen LogP contribution in [0.15, 0.2) is 84.7 Å². The third-order valence-electron chi connectivity index (χ3n) is 5.65. The lowest BCUT2D eigenvalue weighted by Gasteiger charge is -2.16. The van der Waals surface area contributed by atoms with Crippen molar-refractivity contribution in [3.63, 3.8) is 0 Å². The first-order chi connectivity index (χ1) is 19.6. The van der Waals surface area contributed by atoms with Gasteiger partial charge in [-0.25, -0.2) is 15.4 Å². The van der Waals surface area contributed by atoms with Crippen LogP contribution in [-0.4, -0.2) is 25.4 Å². The number of esters is 1. The van der Waals surface area contributed by atoms with Crippen LogP contribution in [0, 0.1) is 0 Å². The van der Waals surface area contributed by atoms with Gasteiger partial charge >= 0.3 is 18.2 Å². The largest absolute Gasteiger partial charge is 0.462 e. The molecule has 3 aromatic rings. The standard InChI is InChI=1S/C28H26F3N5O5/c29-28(30,31)22-3-1-2-4-23(22)35-27(38)34-20-7-9-21(10-8-20)36(33)16-19(32)13-14-39-26(37)12-6-18-5-11-24-25(15-18)41-17-40-24/h1-12,15-16H,13-14,17,32-33H2,(H2,34,35,38)/b12-6+,19-16-. The van der Waals surface area contributed by atoms with E-state index in [-0.39, 0.29) is 25.5 Å². The zero-order valence-corrected chi connectivity index (χ0v) is 21.5. The van der Waals surface area contributed by atoms with Crippen molar-refractivity contribution in [1.29, 1.82) is 0 Å². The first-order valence-electron chi connectivity index (χ1n) is 12.2. The SMILES string of the molecule is N/C(=C\N(N)c1ccc(NC(=O)Nc2ccccc2C(F)(F)F)cc1)CCOC(=O)/C=C/c1ccc2c(c1)OCO2. The Balaban J connectivity index is 1.23. The lowest BCUT2D eigenvalue weighted by molar-refractivity contribution is -0.138. The van der Waals surface area contributed by atoms with Crippen LogP contribution in [0.3, 0.4) is 0 Å². The number of nitrogens with one attached hydrogen (secondary N) is 2. The van der Waals surface area contributed by atoms with Crippen molar-refractivity contribution in [2.45, 2.75) is 12.6 Å². The fourth-order valence-electron chi connectivity index (χ4n) is 3.66. The zero-order valence-electron chi connectivity index (χ0n) is 21.5. The molecule has 41 heavy (non-hydrogen) atoms. The van der Waals surface area contributed by atoms with Crippen LogP contribution in [0.2, 0.25) is 0 Å². The second-order valence-corrected chi connectivity index (χ2v) is 8.64. The maximum atomic E-state index is 13.1. The predicted molar refractivity (Wildman–Crippen MR) is 147 cm³/mol. The molecule has 0 saturated carbocycles. The van der Waals surface area contributed by atoms with Gasteiger partial charge in [0.2, 0.25) is 6.79 Å². The highest BCUT2D eigenvalue weighted by Gasteiger charge is 2.33. The molecular formula is C28H26F3N5O5. The topological polar surface area (TPSA) is 141 Å². The molecule has 1 aliphatic heterocycles. The van der Waals surface area contributed by atoms with Gasteiger partial charge in [-0.2, -0.15) is 13.2 Å². The Morgan fingerprint density at radius 3 is 2.49 bits per heavy atom. The van der Waals surface area contributed by atoms with E-state index in [1.165, 1.54) is 41.6 Å². The van der Waals surface area contributed by atoms with Crippen molar-refractivity contribution >= 4 is 35.1 Å². The van der Waals surface area contributed by atoms with Gasteiger partial charge in [-0.15, -0.1) is 0 Å². The summed E-state index contributed by atoms with van der Waals surface area (Å²) in [4.78, 5) is 24.2. The highest BCUT2D eigenvalue weighted by atomic mass is 19.4. The number of alkyl halides is 3. The first kappa shape index (κ1) is 28.8. The second-order valence-electron chi connectivity index (χ2n) is 8.64. The number of anilines is 3. The number of amides is 2. The van der Waals surface area contributed by atoms with E-state index < -0.39 is 23.7 Å². The lowest BCUT2D eigenvalue weighted by Crippen LogP contribution is -2.26. The van der Waals surface area contributed by atoms with Crippen molar-refractivity contribution < 1.29 is 37.0 Å². The molecule has 0 radical (unpaired) electrons. The minimum atomic E-state index is -4.61. The summed E-state index contributed by atoms with van der Waals surface area (Å²) in [6.45, 7) is 0.184. The number of carbonyl (C=O) groups is 2. The highest BCUT2D eigenvalue weighted by Crippen LogP contribution is 2.35. The summed E-state index contributed by atoms with van der Waals surface area (Å²) in [5.74, 6) is 6.72. The normalized spacial score (nSPS) is 12.7. The van der Waals surface area contributed by atoms with E-state index in [0.29, 0.717) is 28.6 Å². The number of hydrogen-bond donors (Lipinski definition) is 4. The average Bonchev–Trinajstić information content (AvgIpc) is 3.40. The van der Waals surface area contributed by atoms with Crippen LogP contribution >= 0.6 is 0 Å². The van der Waals surface area contributed by atoms with Gasteiger partial charge in [-0.3, -0.25) is 5.01 Å². The molecule has 0 saturated heterocycles. The van der Waals surface area contributed by atoms with Gasteiger partial charge < -0.3 is 30.6 Å². The first-order valence-corrected chi connectivity index (χ1v) is 12.2. The lowest BCUT2D eigenvalue weighted by atomic mass is 10.1. The van der Waals surface area contributed by atoms with E-state index in [1.54, 1.807) is 36.4 Å². The number of carbonyl (C=O) groups excluding carboxylic acids is 2. The van der Waals surface area contributed by atoms with E-state index >= 15 is 0 Å². The molecule has 0 aliphatic carbocycles. The van der Waals surface area contributed by atoms with Crippen molar-refractivity contribution in [3.05, 3.63) is 95.8 Å². The maximum Gasteiger partial charge on any atom is 0.418 e. The van der Waals surface area contributed by atoms with Crippen molar-refractivity contribution in [1.82, 2.24) is 0 Å². The Hall–Kier alpha value is -5.17. The Labute approximate surface area is 232 Å². The number of fused-ring (bicyclic) bond motifs is 1. The number of halogens is 3. The molecule has 0 aromatic heterocycles. The second kappa shape index (κ2) is 12.8. The van der Waals surface area contributed by atoms with E-state index in [0.717, 1.165) is 17.7 Å². The van der Waals surface area contributed by atoms with Crippen LogP contribution in [0.5, 0.6) is 11.5 Å². The molecule has 13 heteroatoms. The van der Waals surface area contributed by atoms with Gasteiger partial charge in [0, 0.05) is 30.1 Å². The van der Waals surface area contributed by atoms with Gasteiger partial charge in [-0.05, 0) is 60.2 Å². The van der Waals surface area contributed by atoms with Crippen LogP contribution in [0.4, 0.5) is 35.0 Å². The third-order valence-corrected chi connectivity index (χ3v) is 5.65. The Bertz CT molecular complexity index is 1460. The fourth-order valence-corrected chi connectivity index (χ4v) is 3.66. The molecule has 1 aliphatic rings. The quantitative estimate of drug-likeness (QED) is 0.119. The molecule has 1 heterocycles. The minimum Gasteiger partial charge on any atom is -0.462 e. The molecule has 0 bridgehead atoms. The smallest absolute Gasteiger partial charge is 0.418 e.